The first kappa shape index (κ1) is 17.0. The smallest absolute Gasteiger partial charge is 0.323 e. The number of carbonyl (C=O) groups excluding carboxylic acids is 1. The normalized spacial score (nSPS) is 14.7. The topological polar surface area (TPSA) is 70.2 Å². The summed E-state index contributed by atoms with van der Waals surface area (Å²) < 4.78 is 0. The summed E-state index contributed by atoms with van der Waals surface area (Å²) in [4.78, 5) is 22.2. The van der Waals surface area contributed by atoms with Crippen LogP contribution in [0.4, 0.5) is 16.6 Å². The third-order valence-electron chi connectivity index (χ3n) is 4.64. The van der Waals surface area contributed by atoms with Crippen LogP contribution in [0.1, 0.15) is 18.5 Å². The Kier molecular flexibility index (Phi) is 4.70. The lowest BCUT2D eigenvalue weighted by atomic mass is 10.0. The van der Waals surface area contributed by atoms with Gasteiger partial charge >= 0.3 is 6.03 Å². The van der Waals surface area contributed by atoms with E-state index < -0.39 is 0 Å². The van der Waals surface area contributed by atoms with E-state index in [-0.39, 0.29) is 12.1 Å². The van der Waals surface area contributed by atoms with Crippen molar-refractivity contribution in [3.63, 3.8) is 0 Å². The zero-order valence-corrected chi connectivity index (χ0v) is 15.1. The Hall–Kier alpha value is -3.41. The van der Waals surface area contributed by atoms with Crippen molar-refractivity contribution in [1.29, 1.82) is 0 Å². The second-order valence-corrected chi connectivity index (χ2v) is 6.48. The van der Waals surface area contributed by atoms with Gasteiger partial charge < -0.3 is 10.6 Å². The zero-order valence-electron chi connectivity index (χ0n) is 15.1. The summed E-state index contributed by atoms with van der Waals surface area (Å²) in [7, 11) is 0. The molecule has 4 rings (SSSR count). The number of benzene rings is 2. The summed E-state index contributed by atoms with van der Waals surface area (Å²) in [6.07, 6.45) is 1.67. The predicted octanol–water partition coefficient (Wildman–Crippen LogP) is 3.85. The maximum atomic E-state index is 11.8. The molecule has 1 aliphatic heterocycles. The maximum absolute atomic E-state index is 11.8. The van der Waals surface area contributed by atoms with Crippen molar-refractivity contribution in [2.24, 2.45) is 0 Å². The van der Waals surface area contributed by atoms with Gasteiger partial charge in [0.05, 0.1) is 6.04 Å². The molecule has 3 aromatic rings. The number of rotatable bonds is 5. The third-order valence-corrected chi connectivity index (χ3v) is 4.64. The summed E-state index contributed by atoms with van der Waals surface area (Å²) in [5, 5.41) is 6.09. The van der Waals surface area contributed by atoms with Gasteiger partial charge in [0.15, 0.2) is 0 Å². The summed E-state index contributed by atoms with van der Waals surface area (Å²) >= 11 is 0. The van der Waals surface area contributed by atoms with Crippen molar-refractivity contribution in [1.82, 2.24) is 15.3 Å². The first-order chi connectivity index (χ1) is 13.2. The zero-order chi connectivity index (χ0) is 18.6. The van der Waals surface area contributed by atoms with Crippen molar-refractivity contribution in [2.75, 3.05) is 23.3 Å². The molecular formula is C21H21N5O. The van der Waals surface area contributed by atoms with E-state index in [2.05, 4.69) is 63.9 Å². The minimum atomic E-state index is -0.121. The van der Waals surface area contributed by atoms with Gasteiger partial charge in [0.2, 0.25) is 5.95 Å². The minimum absolute atomic E-state index is 0.0393. The monoisotopic (exact) mass is 359 g/mol. The molecule has 0 spiro atoms. The van der Waals surface area contributed by atoms with Gasteiger partial charge in [-0.05, 0) is 29.7 Å². The Morgan fingerprint density at radius 1 is 1.04 bits per heavy atom. The lowest BCUT2D eigenvalue weighted by molar-refractivity contribution is 0.252. The van der Waals surface area contributed by atoms with Gasteiger partial charge in [0, 0.05) is 19.3 Å². The van der Waals surface area contributed by atoms with Gasteiger partial charge in [0.25, 0.3) is 0 Å². The highest BCUT2D eigenvalue weighted by Gasteiger charge is 2.22. The van der Waals surface area contributed by atoms with Crippen LogP contribution in [0.25, 0.3) is 11.1 Å². The van der Waals surface area contributed by atoms with E-state index >= 15 is 0 Å². The fourth-order valence-corrected chi connectivity index (χ4v) is 3.13. The molecular weight excluding hydrogens is 338 g/mol. The molecule has 0 saturated carbocycles. The number of hydrogen-bond donors (Lipinski definition) is 2. The van der Waals surface area contributed by atoms with Gasteiger partial charge in [0.1, 0.15) is 5.82 Å². The standard InChI is InChI=1S/C21H21N5O/c1-15(16-7-9-18(10-8-16)17-5-3-2-4-6-17)24-20-22-12-11-19(25-20)26-14-13-23-21(26)27/h2-12,15H,13-14H2,1H3,(H,23,27)(H,22,24,25). The Labute approximate surface area is 158 Å². The molecule has 1 aromatic heterocycles. The first-order valence-corrected chi connectivity index (χ1v) is 9.01. The molecule has 6 heteroatoms. The van der Waals surface area contributed by atoms with Crippen molar-refractivity contribution >= 4 is 17.8 Å². The van der Waals surface area contributed by atoms with Gasteiger partial charge in [-0.15, -0.1) is 0 Å². The first-order valence-electron chi connectivity index (χ1n) is 9.01. The number of urea groups is 1. The van der Waals surface area contributed by atoms with Crippen LogP contribution in [0.15, 0.2) is 66.9 Å². The summed E-state index contributed by atoms with van der Waals surface area (Å²) in [5.74, 6) is 1.11. The largest absolute Gasteiger partial charge is 0.348 e. The molecule has 136 valence electrons. The van der Waals surface area contributed by atoms with Gasteiger partial charge in [-0.2, -0.15) is 4.98 Å². The quantitative estimate of drug-likeness (QED) is 0.726. The minimum Gasteiger partial charge on any atom is -0.348 e. The van der Waals surface area contributed by atoms with E-state index in [1.54, 1.807) is 17.2 Å². The highest BCUT2D eigenvalue weighted by atomic mass is 16.2. The molecule has 2 amide bonds. The Morgan fingerprint density at radius 2 is 1.78 bits per heavy atom. The molecule has 27 heavy (non-hydrogen) atoms. The molecule has 0 radical (unpaired) electrons. The van der Waals surface area contributed by atoms with E-state index in [4.69, 9.17) is 0 Å². The second kappa shape index (κ2) is 7.45. The lowest BCUT2D eigenvalue weighted by Gasteiger charge is -2.17. The number of carbonyl (C=O) groups is 1. The van der Waals surface area contributed by atoms with Crippen LogP contribution in [0.5, 0.6) is 0 Å². The molecule has 1 atom stereocenters. The van der Waals surface area contributed by atoms with Gasteiger partial charge in [-0.1, -0.05) is 54.6 Å². The number of anilines is 2. The van der Waals surface area contributed by atoms with Crippen molar-refractivity contribution in [3.8, 4) is 11.1 Å². The Bertz CT molecular complexity index is 927. The van der Waals surface area contributed by atoms with Crippen LogP contribution < -0.4 is 15.5 Å². The predicted molar refractivity (Wildman–Crippen MR) is 107 cm³/mol. The SMILES string of the molecule is CC(Nc1nccc(N2CCNC2=O)n1)c1ccc(-c2ccccc2)cc1. The number of nitrogens with zero attached hydrogens (tertiary/aromatic N) is 3. The van der Waals surface area contributed by atoms with Crippen molar-refractivity contribution in [3.05, 3.63) is 72.4 Å². The number of nitrogens with one attached hydrogen (secondary N) is 2. The van der Waals surface area contributed by atoms with Crippen molar-refractivity contribution < 1.29 is 4.79 Å². The molecule has 1 fully saturated rings. The number of aromatic nitrogens is 2. The van der Waals surface area contributed by atoms with E-state index in [0.29, 0.717) is 24.9 Å². The van der Waals surface area contributed by atoms with Crippen LogP contribution in [-0.2, 0) is 0 Å². The maximum Gasteiger partial charge on any atom is 0.323 e. The van der Waals surface area contributed by atoms with E-state index in [1.165, 1.54) is 11.1 Å². The summed E-state index contributed by atoms with van der Waals surface area (Å²) in [6, 6.07) is 20.4. The summed E-state index contributed by atoms with van der Waals surface area (Å²) in [5.41, 5.74) is 3.53. The lowest BCUT2D eigenvalue weighted by Crippen LogP contribution is -2.28. The molecule has 2 N–H and O–H groups in total. The molecule has 1 saturated heterocycles. The summed E-state index contributed by atoms with van der Waals surface area (Å²) in [6.45, 7) is 3.32. The number of amides is 2. The van der Waals surface area contributed by atoms with Crippen molar-refractivity contribution in [2.45, 2.75) is 13.0 Å². The second-order valence-electron chi connectivity index (χ2n) is 6.48. The van der Waals surface area contributed by atoms with Crippen LogP contribution >= 0.6 is 0 Å². The van der Waals surface area contributed by atoms with Crippen LogP contribution in [-0.4, -0.2) is 29.1 Å². The molecule has 1 aliphatic rings. The average molecular weight is 359 g/mol. The molecule has 0 bridgehead atoms. The van der Waals surface area contributed by atoms with Crippen LogP contribution in [0.3, 0.4) is 0 Å². The third kappa shape index (κ3) is 3.74. The molecule has 2 aromatic carbocycles. The van der Waals surface area contributed by atoms with Gasteiger partial charge in [-0.3, -0.25) is 4.90 Å². The highest BCUT2D eigenvalue weighted by Crippen LogP contribution is 2.23. The van der Waals surface area contributed by atoms with Crippen LogP contribution in [0, 0.1) is 0 Å². The molecule has 0 aliphatic carbocycles. The Morgan fingerprint density at radius 3 is 2.48 bits per heavy atom. The number of hydrogen-bond acceptors (Lipinski definition) is 4. The fourth-order valence-electron chi connectivity index (χ4n) is 3.13. The van der Waals surface area contributed by atoms with Crippen LogP contribution in [0.2, 0.25) is 0 Å². The fraction of sp³-hybridized carbons (Fsp3) is 0.190. The van der Waals surface area contributed by atoms with E-state index in [1.807, 2.05) is 18.2 Å². The molecule has 6 nitrogen and oxygen atoms in total. The van der Waals surface area contributed by atoms with Gasteiger partial charge in [-0.25, -0.2) is 9.78 Å². The highest BCUT2D eigenvalue weighted by molar-refractivity contribution is 5.93. The van der Waals surface area contributed by atoms with E-state index in [9.17, 15) is 4.79 Å². The molecule has 1 unspecified atom stereocenters. The Balaban J connectivity index is 1.47. The molecule has 2 heterocycles. The average Bonchev–Trinajstić information content (AvgIpc) is 3.15. The van der Waals surface area contributed by atoms with E-state index in [0.717, 1.165) is 5.56 Å².